The number of rotatable bonds is 2. The van der Waals surface area contributed by atoms with Crippen LogP contribution in [0, 0.1) is 0 Å². The average Bonchev–Trinajstić information content (AvgIpc) is 2.30. The molecular formula is C12H15ClO. The Bertz CT molecular complexity index is 275. The highest BCUT2D eigenvalue weighted by Crippen LogP contribution is 2.26. The maximum absolute atomic E-state index is 5.75. The molecule has 2 rings (SSSR count). The Hall–Kier alpha value is -0.530. The minimum atomic E-state index is 0.605. The molecule has 1 heterocycles. The zero-order valence-electron chi connectivity index (χ0n) is 8.21. The molecule has 1 aliphatic heterocycles. The van der Waals surface area contributed by atoms with Crippen LogP contribution in [0.2, 0.25) is 0 Å². The minimum absolute atomic E-state index is 0.605. The number of halogens is 1. The first-order valence-electron chi connectivity index (χ1n) is 5.12. The standard InChI is InChI=1S/C12H15ClO/c13-9-10-1-3-11(4-2-10)12-5-7-14-8-6-12/h1-4,12H,5-9H2. The van der Waals surface area contributed by atoms with Crippen molar-refractivity contribution in [3.8, 4) is 0 Å². The predicted octanol–water partition coefficient (Wildman–Crippen LogP) is 3.32. The van der Waals surface area contributed by atoms with Crippen molar-refractivity contribution in [2.24, 2.45) is 0 Å². The fourth-order valence-corrected chi connectivity index (χ4v) is 2.09. The molecule has 0 aliphatic carbocycles. The van der Waals surface area contributed by atoms with Crippen LogP contribution in [0.1, 0.15) is 29.9 Å². The van der Waals surface area contributed by atoms with Gasteiger partial charge in [0.25, 0.3) is 0 Å². The summed E-state index contributed by atoms with van der Waals surface area (Å²) >= 11 is 5.75. The Kier molecular flexibility index (Phi) is 3.44. The van der Waals surface area contributed by atoms with Crippen molar-refractivity contribution in [2.75, 3.05) is 13.2 Å². The van der Waals surface area contributed by atoms with Gasteiger partial charge in [-0.15, -0.1) is 11.6 Å². The lowest BCUT2D eigenvalue weighted by molar-refractivity contribution is 0.0853. The van der Waals surface area contributed by atoms with E-state index in [1.54, 1.807) is 0 Å². The number of benzene rings is 1. The lowest BCUT2D eigenvalue weighted by Gasteiger charge is -2.22. The molecule has 0 N–H and O–H groups in total. The summed E-state index contributed by atoms with van der Waals surface area (Å²) in [5.41, 5.74) is 2.63. The maximum Gasteiger partial charge on any atom is 0.0474 e. The van der Waals surface area contributed by atoms with Gasteiger partial charge in [0.1, 0.15) is 0 Å². The Morgan fingerprint density at radius 1 is 1.14 bits per heavy atom. The first-order valence-corrected chi connectivity index (χ1v) is 5.66. The van der Waals surface area contributed by atoms with Crippen LogP contribution in [0.4, 0.5) is 0 Å². The third-order valence-electron chi connectivity index (χ3n) is 2.83. The fourth-order valence-electron chi connectivity index (χ4n) is 1.91. The molecule has 2 heteroatoms. The summed E-state index contributed by atoms with van der Waals surface area (Å²) in [4.78, 5) is 0. The first-order chi connectivity index (χ1) is 6.90. The molecule has 1 nitrogen and oxygen atoms in total. The number of alkyl halides is 1. The molecule has 1 fully saturated rings. The van der Waals surface area contributed by atoms with E-state index < -0.39 is 0 Å². The van der Waals surface area contributed by atoms with E-state index in [9.17, 15) is 0 Å². The highest BCUT2D eigenvalue weighted by molar-refractivity contribution is 6.17. The van der Waals surface area contributed by atoms with Gasteiger partial charge >= 0.3 is 0 Å². The molecular weight excluding hydrogens is 196 g/mol. The van der Waals surface area contributed by atoms with E-state index in [1.807, 2.05) is 0 Å². The molecule has 76 valence electrons. The summed E-state index contributed by atoms with van der Waals surface area (Å²) < 4.78 is 5.34. The molecule has 0 atom stereocenters. The Morgan fingerprint density at radius 3 is 2.36 bits per heavy atom. The lowest BCUT2D eigenvalue weighted by atomic mass is 9.91. The molecule has 0 spiro atoms. The number of hydrogen-bond acceptors (Lipinski definition) is 1. The van der Waals surface area contributed by atoms with E-state index in [4.69, 9.17) is 16.3 Å². The van der Waals surface area contributed by atoms with Crippen molar-refractivity contribution in [3.05, 3.63) is 35.4 Å². The molecule has 0 unspecified atom stereocenters. The van der Waals surface area contributed by atoms with Gasteiger partial charge in [-0.2, -0.15) is 0 Å². The van der Waals surface area contributed by atoms with Gasteiger partial charge in [-0.3, -0.25) is 0 Å². The van der Waals surface area contributed by atoms with Crippen molar-refractivity contribution < 1.29 is 4.74 Å². The molecule has 0 radical (unpaired) electrons. The van der Waals surface area contributed by atoms with Gasteiger partial charge in [-0.05, 0) is 29.9 Å². The summed E-state index contributed by atoms with van der Waals surface area (Å²) in [5.74, 6) is 1.29. The second-order valence-electron chi connectivity index (χ2n) is 3.76. The van der Waals surface area contributed by atoms with Crippen LogP contribution in [0.15, 0.2) is 24.3 Å². The number of hydrogen-bond donors (Lipinski definition) is 0. The summed E-state index contributed by atoms with van der Waals surface area (Å²) in [6, 6.07) is 8.65. The van der Waals surface area contributed by atoms with Crippen LogP contribution in [0.3, 0.4) is 0 Å². The minimum Gasteiger partial charge on any atom is -0.381 e. The highest BCUT2D eigenvalue weighted by atomic mass is 35.5. The largest absolute Gasteiger partial charge is 0.381 e. The number of ether oxygens (including phenoxy) is 1. The molecule has 14 heavy (non-hydrogen) atoms. The van der Waals surface area contributed by atoms with Gasteiger partial charge in [-0.25, -0.2) is 0 Å². The van der Waals surface area contributed by atoms with Crippen molar-refractivity contribution in [1.82, 2.24) is 0 Å². The summed E-state index contributed by atoms with van der Waals surface area (Å²) in [6.45, 7) is 1.81. The van der Waals surface area contributed by atoms with Gasteiger partial charge in [0.15, 0.2) is 0 Å². The Labute approximate surface area is 90.0 Å². The normalized spacial score (nSPS) is 18.4. The van der Waals surface area contributed by atoms with E-state index in [2.05, 4.69) is 24.3 Å². The van der Waals surface area contributed by atoms with Crippen molar-refractivity contribution >= 4 is 11.6 Å². The van der Waals surface area contributed by atoms with E-state index >= 15 is 0 Å². The summed E-state index contributed by atoms with van der Waals surface area (Å²) in [7, 11) is 0. The van der Waals surface area contributed by atoms with Gasteiger partial charge in [0.2, 0.25) is 0 Å². The average molecular weight is 211 g/mol. The van der Waals surface area contributed by atoms with Crippen molar-refractivity contribution in [1.29, 1.82) is 0 Å². The van der Waals surface area contributed by atoms with Crippen LogP contribution < -0.4 is 0 Å². The van der Waals surface area contributed by atoms with Crippen LogP contribution in [0.25, 0.3) is 0 Å². The van der Waals surface area contributed by atoms with Crippen molar-refractivity contribution in [3.63, 3.8) is 0 Å². The molecule has 1 aliphatic rings. The van der Waals surface area contributed by atoms with E-state index in [0.29, 0.717) is 11.8 Å². The maximum atomic E-state index is 5.75. The lowest BCUT2D eigenvalue weighted by Crippen LogP contribution is -2.13. The van der Waals surface area contributed by atoms with E-state index in [-0.39, 0.29) is 0 Å². The molecule has 1 saturated heterocycles. The monoisotopic (exact) mass is 210 g/mol. The van der Waals surface area contributed by atoms with Gasteiger partial charge in [-0.1, -0.05) is 24.3 Å². The molecule has 0 saturated carbocycles. The highest BCUT2D eigenvalue weighted by Gasteiger charge is 2.15. The van der Waals surface area contributed by atoms with Crippen LogP contribution in [0.5, 0.6) is 0 Å². The molecule has 0 bridgehead atoms. The first kappa shape index (κ1) is 10.0. The third-order valence-corrected chi connectivity index (χ3v) is 3.14. The molecule has 0 amide bonds. The second kappa shape index (κ2) is 4.81. The Balaban J connectivity index is 2.07. The van der Waals surface area contributed by atoms with Gasteiger partial charge in [0.05, 0.1) is 0 Å². The zero-order chi connectivity index (χ0) is 9.80. The molecule has 0 aromatic heterocycles. The quantitative estimate of drug-likeness (QED) is 0.681. The second-order valence-corrected chi connectivity index (χ2v) is 4.03. The van der Waals surface area contributed by atoms with Gasteiger partial charge in [0, 0.05) is 19.1 Å². The smallest absolute Gasteiger partial charge is 0.0474 e. The fraction of sp³-hybridized carbons (Fsp3) is 0.500. The molecule has 1 aromatic carbocycles. The zero-order valence-corrected chi connectivity index (χ0v) is 8.96. The summed E-state index contributed by atoms with van der Waals surface area (Å²) in [6.07, 6.45) is 2.31. The van der Waals surface area contributed by atoms with Crippen LogP contribution in [-0.2, 0) is 10.6 Å². The van der Waals surface area contributed by atoms with E-state index in [0.717, 1.165) is 26.1 Å². The van der Waals surface area contributed by atoms with E-state index in [1.165, 1.54) is 11.1 Å². The van der Waals surface area contributed by atoms with Crippen molar-refractivity contribution in [2.45, 2.75) is 24.6 Å². The Morgan fingerprint density at radius 2 is 1.79 bits per heavy atom. The van der Waals surface area contributed by atoms with Crippen LogP contribution in [-0.4, -0.2) is 13.2 Å². The SMILES string of the molecule is ClCc1ccc(C2CCOCC2)cc1. The topological polar surface area (TPSA) is 9.23 Å². The summed E-state index contributed by atoms with van der Waals surface area (Å²) in [5, 5.41) is 0. The predicted molar refractivity (Wildman–Crippen MR) is 58.8 cm³/mol. The van der Waals surface area contributed by atoms with Crippen LogP contribution >= 0.6 is 11.6 Å². The van der Waals surface area contributed by atoms with Gasteiger partial charge < -0.3 is 4.74 Å². The third kappa shape index (κ3) is 2.28. The molecule has 1 aromatic rings.